The molecular formula is C20H25N3O3. The lowest BCUT2D eigenvalue weighted by atomic mass is 10.1. The van der Waals surface area contributed by atoms with Crippen LogP contribution in [0, 0.1) is 6.92 Å². The maximum Gasteiger partial charge on any atom is 0.303 e. The third kappa shape index (κ3) is 4.65. The van der Waals surface area contributed by atoms with E-state index in [4.69, 9.17) is 9.84 Å². The van der Waals surface area contributed by atoms with Crippen LogP contribution in [0.15, 0.2) is 42.7 Å². The largest absolute Gasteiger partial charge is 0.494 e. The molecule has 1 aromatic carbocycles. The van der Waals surface area contributed by atoms with E-state index in [0.717, 1.165) is 31.9 Å². The Kier molecular flexibility index (Phi) is 5.94. The highest BCUT2D eigenvalue weighted by Crippen LogP contribution is 2.27. The summed E-state index contributed by atoms with van der Waals surface area (Å²) in [4.78, 5) is 19.4. The van der Waals surface area contributed by atoms with E-state index in [1.165, 1.54) is 16.9 Å². The Morgan fingerprint density at radius 3 is 2.46 bits per heavy atom. The predicted octanol–water partition coefficient (Wildman–Crippen LogP) is 2.96. The lowest BCUT2D eigenvalue weighted by Crippen LogP contribution is -2.46. The van der Waals surface area contributed by atoms with E-state index in [9.17, 15) is 4.79 Å². The minimum absolute atomic E-state index is 0.138. The van der Waals surface area contributed by atoms with Crippen molar-refractivity contribution in [2.24, 2.45) is 0 Å². The number of pyridine rings is 1. The Morgan fingerprint density at radius 2 is 1.81 bits per heavy atom. The van der Waals surface area contributed by atoms with Gasteiger partial charge in [0.2, 0.25) is 0 Å². The number of aryl methyl sites for hydroxylation is 1. The van der Waals surface area contributed by atoms with Crippen LogP contribution in [0.2, 0.25) is 0 Å². The number of carbonyl (C=O) groups is 1. The van der Waals surface area contributed by atoms with Crippen molar-refractivity contribution >= 4 is 17.3 Å². The van der Waals surface area contributed by atoms with Crippen LogP contribution >= 0.6 is 0 Å². The van der Waals surface area contributed by atoms with Crippen LogP contribution in [-0.2, 0) is 4.79 Å². The van der Waals surface area contributed by atoms with Gasteiger partial charge >= 0.3 is 5.97 Å². The van der Waals surface area contributed by atoms with Crippen molar-refractivity contribution in [2.45, 2.75) is 19.8 Å². The third-order valence-electron chi connectivity index (χ3n) is 4.62. The van der Waals surface area contributed by atoms with Gasteiger partial charge in [-0.05, 0) is 49.2 Å². The van der Waals surface area contributed by atoms with Gasteiger partial charge in [-0.2, -0.15) is 0 Å². The lowest BCUT2D eigenvalue weighted by molar-refractivity contribution is -0.137. The fraction of sp³-hybridized carbons (Fsp3) is 0.400. The van der Waals surface area contributed by atoms with Gasteiger partial charge in [0.15, 0.2) is 0 Å². The molecule has 0 atom stereocenters. The van der Waals surface area contributed by atoms with Crippen LogP contribution in [0.4, 0.5) is 11.4 Å². The highest BCUT2D eigenvalue weighted by Gasteiger charge is 2.18. The summed E-state index contributed by atoms with van der Waals surface area (Å²) in [6.07, 6.45) is 4.33. The number of carboxylic acid groups (broad SMARTS) is 1. The van der Waals surface area contributed by atoms with Gasteiger partial charge in [-0.3, -0.25) is 9.78 Å². The molecule has 1 fully saturated rings. The van der Waals surface area contributed by atoms with Crippen molar-refractivity contribution in [1.29, 1.82) is 0 Å². The van der Waals surface area contributed by atoms with Crippen molar-refractivity contribution in [3.63, 3.8) is 0 Å². The lowest BCUT2D eigenvalue weighted by Gasteiger charge is -2.38. The van der Waals surface area contributed by atoms with Gasteiger partial charge in [0.1, 0.15) is 5.75 Å². The molecular weight excluding hydrogens is 330 g/mol. The maximum atomic E-state index is 10.5. The molecule has 0 aliphatic carbocycles. The Morgan fingerprint density at radius 1 is 1.12 bits per heavy atom. The van der Waals surface area contributed by atoms with Crippen LogP contribution < -0.4 is 14.5 Å². The van der Waals surface area contributed by atoms with Gasteiger partial charge in [-0.25, -0.2) is 0 Å². The third-order valence-corrected chi connectivity index (χ3v) is 4.62. The van der Waals surface area contributed by atoms with Crippen molar-refractivity contribution in [3.8, 4) is 5.75 Å². The average Bonchev–Trinajstić information content (AvgIpc) is 2.66. The fourth-order valence-electron chi connectivity index (χ4n) is 3.25. The standard InChI is InChI=1S/C20H25N3O3/c1-16-15-18(26-14-2-3-20(24)25)4-5-19(16)23-12-10-22(11-13-23)17-6-8-21-9-7-17/h4-9,15H,2-3,10-14H2,1H3,(H,24,25). The second-order valence-corrected chi connectivity index (χ2v) is 6.47. The highest BCUT2D eigenvalue weighted by atomic mass is 16.5. The van der Waals surface area contributed by atoms with E-state index in [-0.39, 0.29) is 6.42 Å². The number of carboxylic acids is 1. The zero-order valence-corrected chi connectivity index (χ0v) is 15.1. The summed E-state index contributed by atoms with van der Waals surface area (Å²) in [5.41, 5.74) is 3.64. The van der Waals surface area contributed by atoms with E-state index >= 15 is 0 Å². The second-order valence-electron chi connectivity index (χ2n) is 6.47. The van der Waals surface area contributed by atoms with Gasteiger partial charge in [0.05, 0.1) is 6.61 Å². The van der Waals surface area contributed by atoms with Gasteiger partial charge in [0, 0.05) is 56.4 Å². The first-order chi connectivity index (χ1) is 12.6. The summed E-state index contributed by atoms with van der Waals surface area (Å²) in [7, 11) is 0. The number of nitrogens with zero attached hydrogens (tertiary/aromatic N) is 3. The summed E-state index contributed by atoms with van der Waals surface area (Å²) in [6, 6.07) is 10.2. The molecule has 6 heteroatoms. The first kappa shape index (κ1) is 18.0. The van der Waals surface area contributed by atoms with Crippen LogP contribution in [0.25, 0.3) is 0 Å². The molecule has 138 valence electrons. The maximum absolute atomic E-state index is 10.5. The summed E-state index contributed by atoms with van der Waals surface area (Å²) >= 11 is 0. The molecule has 6 nitrogen and oxygen atoms in total. The number of aliphatic carboxylic acids is 1. The van der Waals surface area contributed by atoms with Crippen LogP contribution in [0.1, 0.15) is 18.4 Å². The average molecular weight is 355 g/mol. The number of rotatable bonds is 7. The molecule has 1 aliphatic rings. The molecule has 2 heterocycles. The Balaban J connectivity index is 1.54. The predicted molar refractivity (Wildman–Crippen MR) is 102 cm³/mol. The highest BCUT2D eigenvalue weighted by molar-refractivity contribution is 5.66. The molecule has 0 radical (unpaired) electrons. The van der Waals surface area contributed by atoms with Crippen molar-refractivity contribution in [2.75, 3.05) is 42.6 Å². The summed E-state index contributed by atoms with van der Waals surface area (Å²) in [6.45, 7) is 6.43. The molecule has 2 aromatic rings. The van der Waals surface area contributed by atoms with Gasteiger partial charge in [-0.1, -0.05) is 0 Å². The van der Waals surface area contributed by atoms with Crippen LogP contribution in [0.5, 0.6) is 5.75 Å². The van der Waals surface area contributed by atoms with E-state index < -0.39 is 5.97 Å². The molecule has 1 aliphatic heterocycles. The molecule has 0 unspecified atom stereocenters. The zero-order valence-electron chi connectivity index (χ0n) is 15.1. The van der Waals surface area contributed by atoms with Crippen LogP contribution in [-0.4, -0.2) is 48.8 Å². The van der Waals surface area contributed by atoms with E-state index in [0.29, 0.717) is 13.0 Å². The van der Waals surface area contributed by atoms with Gasteiger partial charge in [-0.15, -0.1) is 0 Å². The zero-order chi connectivity index (χ0) is 18.4. The van der Waals surface area contributed by atoms with Crippen molar-refractivity contribution in [3.05, 3.63) is 48.3 Å². The SMILES string of the molecule is Cc1cc(OCCCC(=O)O)ccc1N1CCN(c2ccncc2)CC1. The summed E-state index contributed by atoms with van der Waals surface area (Å²) in [5, 5.41) is 8.66. The number of anilines is 2. The Bertz CT molecular complexity index is 728. The first-order valence-electron chi connectivity index (χ1n) is 8.98. The number of benzene rings is 1. The number of piperazine rings is 1. The Hall–Kier alpha value is -2.76. The molecule has 1 saturated heterocycles. The van der Waals surface area contributed by atoms with Gasteiger partial charge < -0.3 is 19.6 Å². The molecule has 0 spiro atoms. The summed E-state index contributed by atoms with van der Waals surface area (Å²) < 4.78 is 5.66. The molecule has 0 bridgehead atoms. The normalized spacial score (nSPS) is 14.3. The van der Waals surface area contributed by atoms with Crippen molar-refractivity contribution in [1.82, 2.24) is 4.98 Å². The quantitative estimate of drug-likeness (QED) is 0.771. The Labute approximate surface area is 154 Å². The number of aromatic nitrogens is 1. The molecule has 1 N–H and O–H groups in total. The molecule has 0 amide bonds. The fourth-order valence-corrected chi connectivity index (χ4v) is 3.25. The minimum atomic E-state index is -0.786. The number of ether oxygens (including phenoxy) is 1. The topological polar surface area (TPSA) is 65.9 Å². The number of hydrogen-bond acceptors (Lipinski definition) is 5. The summed E-state index contributed by atoms with van der Waals surface area (Å²) in [5.74, 6) is 0.0121. The van der Waals surface area contributed by atoms with Crippen molar-refractivity contribution < 1.29 is 14.6 Å². The van der Waals surface area contributed by atoms with Gasteiger partial charge in [0.25, 0.3) is 0 Å². The first-order valence-corrected chi connectivity index (χ1v) is 8.98. The smallest absolute Gasteiger partial charge is 0.303 e. The number of hydrogen-bond donors (Lipinski definition) is 1. The minimum Gasteiger partial charge on any atom is -0.494 e. The second kappa shape index (κ2) is 8.56. The molecule has 0 saturated carbocycles. The van der Waals surface area contributed by atoms with E-state index in [1.807, 2.05) is 24.5 Å². The van der Waals surface area contributed by atoms with E-state index in [2.05, 4.69) is 39.9 Å². The molecule has 26 heavy (non-hydrogen) atoms. The molecule has 1 aromatic heterocycles. The monoisotopic (exact) mass is 355 g/mol. The van der Waals surface area contributed by atoms with E-state index in [1.54, 1.807) is 0 Å². The van der Waals surface area contributed by atoms with Crippen LogP contribution in [0.3, 0.4) is 0 Å². The molecule has 3 rings (SSSR count).